The second-order valence-electron chi connectivity index (χ2n) is 7.67. The van der Waals surface area contributed by atoms with E-state index in [9.17, 15) is 4.79 Å². The molecule has 2 heterocycles. The largest absolute Gasteiger partial charge is 0.364 e. The SMILES string of the molecule is C[C@@H](CNC(=O)CCc1nnc2ccc(NCc3ccccc3Cl)nn12)c1ccccc1. The van der Waals surface area contributed by atoms with Gasteiger partial charge in [0.25, 0.3) is 0 Å². The van der Waals surface area contributed by atoms with Crippen molar-refractivity contribution in [2.45, 2.75) is 32.2 Å². The number of aromatic nitrogens is 4. The summed E-state index contributed by atoms with van der Waals surface area (Å²) >= 11 is 6.22. The van der Waals surface area contributed by atoms with Crippen molar-refractivity contribution in [3.8, 4) is 0 Å². The Morgan fingerprint density at radius 1 is 1.03 bits per heavy atom. The van der Waals surface area contributed by atoms with Crippen LogP contribution in [0.1, 0.15) is 36.2 Å². The number of fused-ring (bicyclic) bond motifs is 1. The molecule has 0 saturated carbocycles. The van der Waals surface area contributed by atoms with Crippen LogP contribution in [0.4, 0.5) is 5.82 Å². The third-order valence-corrected chi connectivity index (χ3v) is 5.66. The molecule has 0 radical (unpaired) electrons. The summed E-state index contributed by atoms with van der Waals surface area (Å²) in [6.07, 6.45) is 0.773. The van der Waals surface area contributed by atoms with Crippen LogP contribution in [-0.2, 0) is 17.8 Å². The Morgan fingerprint density at radius 3 is 2.62 bits per heavy atom. The summed E-state index contributed by atoms with van der Waals surface area (Å²) in [6.45, 7) is 3.25. The third-order valence-electron chi connectivity index (χ3n) is 5.29. The number of benzene rings is 2. The molecule has 2 aromatic carbocycles. The minimum absolute atomic E-state index is 0.0162. The van der Waals surface area contributed by atoms with E-state index in [1.54, 1.807) is 4.52 Å². The Labute approximate surface area is 191 Å². The Kier molecular flexibility index (Phi) is 6.97. The van der Waals surface area contributed by atoms with E-state index in [0.29, 0.717) is 48.2 Å². The van der Waals surface area contributed by atoms with Crippen LogP contribution in [0, 0.1) is 0 Å². The van der Waals surface area contributed by atoms with Crippen LogP contribution in [0.25, 0.3) is 5.65 Å². The number of carbonyl (C=O) groups excluding carboxylic acids is 1. The Balaban J connectivity index is 1.33. The maximum absolute atomic E-state index is 12.4. The van der Waals surface area contributed by atoms with E-state index in [-0.39, 0.29) is 11.8 Å². The van der Waals surface area contributed by atoms with Gasteiger partial charge in [0.05, 0.1) is 0 Å². The van der Waals surface area contributed by atoms with Crippen LogP contribution < -0.4 is 10.6 Å². The maximum Gasteiger partial charge on any atom is 0.220 e. The van der Waals surface area contributed by atoms with Gasteiger partial charge in [0.15, 0.2) is 11.5 Å². The lowest BCUT2D eigenvalue weighted by molar-refractivity contribution is -0.121. The van der Waals surface area contributed by atoms with Gasteiger partial charge >= 0.3 is 0 Å². The van der Waals surface area contributed by atoms with Crippen molar-refractivity contribution in [2.24, 2.45) is 0 Å². The summed E-state index contributed by atoms with van der Waals surface area (Å²) in [6, 6.07) is 21.5. The lowest BCUT2D eigenvalue weighted by Crippen LogP contribution is -2.27. The summed E-state index contributed by atoms with van der Waals surface area (Å²) in [5.41, 5.74) is 2.83. The summed E-state index contributed by atoms with van der Waals surface area (Å²) < 4.78 is 1.68. The number of halogens is 1. The van der Waals surface area contributed by atoms with Crippen LogP contribution >= 0.6 is 11.6 Å². The molecule has 2 aromatic heterocycles. The van der Waals surface area contributed by atoms with Gasteiger partial charge < -0.3 is 10.6 Å². The second kappa shape index (κ2) is 10.2. The van der Waals surface area contributed by atoms with Crippen LogP contribution in [0.2, 0.25) is 5.02 Å². The number of aryl methyl sites for hydroxylation is 1. The van der Waals surface area contributed by atoms with Crippen molar-refractivity contribution in [3.05, 3.63) is 88.7 Å². The first kappa shape index (κ1) is 21.8. The number of nitrogens with zero attached hydrogens (tertiary/aromatic N) is 4. The van der Waals surface area contributed by atoms with Gasteiger partial charge in [-0.2, -0.15) is 4.52 Å². The molecule has 7 nitrogen and oxygen atoms in total. The Hall–Kier alpha value is -3.45. The quantitative estimate of drug-likeness (QED) is 0.400. The molecular formula is C24H25ClN6O. The fraction of sp³-hybridized carbons (Fsp3) is 0.250. The van der Waals surface area contributed by atoms with Gasteiger partial charge in [-0.15, -0.1) is 15.3 Å². The van der Waals surface area contributed by atoms with Crippen LogP contribution in [0.15, 0.2) is 66.7 Å². The fourth-order valence-electron chi connectivity index (χ4n) is 3.39. The highest BCUT2D eigenvalue weighted by atomic mass is 35.5. The highest BCUT2D eigenvalue weighted by Gasteiger charge is 2.12. The summed E-state index contributed by atoms with van der Waals surface area (Å²) in [5, 5.41) is 19.9. The molecule has 8 heteroatoms. The van der Waals surface area contributed by atoms with Crippen molar-refractivity contribution >= 4 is 29.0 Å². The first-order chi connectivity index (χ1) is 15.6. The number of hydrogen-bond donors (Lipinski definition) is 2. The molecule has 2 N–H and O–H groups in total. The van der Waals surface area contributed by atoms with Gasteiger partial charge in [-0.05, 0) is 35.2 Å². The smallest absolute Gasteiger partial charge is 0.220 e. The molecule has 1 atom stereocenters. The van der Waals surface area contributed by atoms with Crippen LogP contribution in [0.3, 0.4) is 0 Å². The minimum Gasteiger partial charge on any atom is -0.364 e. The molecule has 0 aliphatic carbocycles. The Morgan fingerprint density at radius 2 is 1.81 bits per heavy atom. The van der Waals surface area contributed by atoms with Crippen molar-refractivity contribution in [1.82, 2.24) is 25.1 Å². The zero-order valence-corrected chi connectivity index (χ0v) is 18.6. The summed E-state index contributed by atoms with van der Waals surface area (Å²) in [7, 11) is 0. The molecule has 0 aliphatic heterocycles. The van der Waals surface area contributed by atoms with E-state index in [1.807, 2.05) is 54.6 Å². The number of rotatable bonds is 9. The average molecular weight is 449 g/mol. The monoisotopic (exact) mass is 448 g/mol. The molecule has 32 heavy (non-hydrogen) atoms. The molecule has 0 unspecified atom stereocenters. The molecule has 1 amide bonds. The van der Waals surface area contributed by atoms with Gasteiger partial charge in [-0.1, -0.05) is 67.1 Å². The third kappa shape index (κ3) is 5.42. The van der Waals surface area contributed by atoms with E-state index < -0.39 is 0 Å². The van der Waals surface area contributed by atoms with E-state index in [0.717, 1.165) is 5.56 Å². The van der Waals surface area contributed by atoms with Crippen LogP contribution in [0.5, 0.6) is 0 Å². The first-order valence-corrected chi connectivity index (χ1v) is 11.0. The molecule has 4 aromatic rings. The van der Waals surface area contributed by atoms with Crippen molar-refractivity contribution in [3.63, 3.8) is 0 Å². The summed E-state index contributed by atoms with van der Waals surface area (Å²) in [4.78, 5) is 12.4. The normalized spacial score (nSPS) is 11.9. The van der Waals surface area contributed by atoms with Gasteiger partial charge in [0.1, 0.15) is 5.82 Å². The second-order valence-corrected chi connectivity index (χ2v) is 8.07. The first-order valence-electron chi connectivity index (χ1n) is 10.6. The predicted octanol–water partition coefficient (Wildman–Crippen LogP) is 4.24. The minimum atomic E-state index is -0.0162. The number of amides is 1. The molecule has 0 bridgehead atoms. The molecule has 0 saturated heterocycles. The van der Waals surface area contributed by atoms with Crippen molar-refractivity contribution in [2.75, 3.05) is 11.9 Å². The van der Waals surface area contributed by atoms with Gasteiger partial charge in [-0.3, -0.25) is 4.79 Å². The van der Waals surface area contributed by atoms with Crippen LogP contribution in [-0.4, -0.2) is 32.3 Å². The van der Waals surface area contributed by atoms with E-state index in [1.165, 1.54) is 5.56 Å². The van der Waals surface area contributed by atoms with Gasteiger partial charge in [0, 0.05) is 31.0 Å². The zero-order chi connectivity index (χ0) is 22.3. The number of carbonyl (C=O) groups is 1. The molecule has 0 spiro atoms. The fourth-order valence-corrected chi connectivity index (χ4v) is 3.59. The highest BCUT2D eigenvalue weighted by Crippen LogP contribution is 2.17. The highest BCUT2D eigenvalue weighted by molar-refractivity contribution is 6.31. The molecular weight excluding hydrogens is 424 g/mol. The standard InChI is InChI=1S/C24H25ClN6O/c1-17(18-7-3-2-4-8-18)15-27-24(32)14-13-23-29-28-22-12-11-21(30-31(22)23)26-16-19-9-5-6-10-20(19)25/h2-12,17H,13-16H2,1H3,(H,26,30)(H,27,32)/t17-/m0/s1. The van der Waals surface area contributed by atoms with Gasteiger partial charge in [-0.25, -0.2) is 0 Å². The Bertz CT molecular complexity index is 1190. The topological polar surface area (TPSA) is 84.2 Å². The zero-order valence-electron chi connectivity index (χ0n) is 17.8. The van der Waals surface area contributed by atoms with E-state index in [4.69, 9.17) is 11.6 Å². The van der Waals surface area contributed by atoms with E-state index in [2.05, 4.69) is 45.0 Å². The summed E-state index contributed by atoms with van der Waals surface area (Å²) in [5.74, 6) is 1.56. The molecule has 164 valence electrons. The van der Waals surface area contributed by atoms with E-state index >= 15 is 0 Å². The molecule has 0 aliphatic rings. The van der Waals surface area contributed by atoms with Crippen molar-refractivity contribution < 1.29 is 4.79 Å². The van der Waals surface area contributed by atoms with Gasteiger partial charge in [0.2, 0.25) is 5.91 Å². The average Bonchev–Trinajstić information content (AvgIpc) is 3.23. The van der Waals surface area contributed by atoms with Crippen molar-refractivity contribution in [1.29, 1.82) is 0 Å². The lowest BCUT2D eigenvalue weighted by atomic mass is 10.0. The lowest BCUT2D eigenvalue weighted by Gasteiger charge is -2.13. The number of nitrogens with one attached hydrogen (secondary N) is 2. The number of anilines is 1. The maximum atomic E-state index is 12.4. The number of hydrogen-bond acceptors (Lipinski definition) is 5. The molecule has 0 fully saturated rings. The predicted molar refractivity (Wildman–Crippen MR) is 126 cm³/mol. The molecule has 4 rings (SSSR count).